The van der Waals surface area contributed by atoms with Crippen molar-refractivity contribution in [2.75, 3.05) is 0 Å². The topological polar surface area (TPSA) is 63.2 Å². The van der Waals surface area contributed by atoms with Crippen molar-refractivity contribution in [3.63, 3.8) is 0 Å². The van der Waals surface area contributed by atoms with Crippen molar-refractivity contribution < 1.29 is 14.6 Å². The minimum absolute atomic E-state index is 0. The van der Waals surface area contributed by atoms with Crippen LogP contribution < -0.4 is 4.72 Å². The van der Waals surface area contributed by atoms with Crippen LogP contribution in [-0.2, 0) is 14.8 Å². The molecule has 1 rings (SSSR count). The zero-order valence-electron chi connectivity index (χ0n) is 9.02. The molecule has 0 radical (unpaired) electrons. The first-order chi connectivity index (χ1) is 7.02. The van der Waals surface area contributed by atoms with Gasteiger partial charge in [-0.15, -0.1) is 0 Å². The van der Waals surface area contributed by atoms with Gasteiger partial charge < -0.3 is 0 Å². The molecule has 0 aliphatic rings. The van der Waals surface area contributed by atoms with Gasteiger partial charge in [-0.2, -0.15) is 0 Å². The van der Waals surface area contributed by atoms with E-state index in [2.05, 4.69) is 0 Å². The fraction of sp³-hybridized carbons (Fsp3) is 0.300. The monoisotopic (exact) mass is 231 g/mol. The molecule has 86 valence electrons. The molecule has 15 heavy (non-hydrogen) atoms. The number of amides is 1. The Balaban J connectivity index is 0. The molecule has 0 aromatic heterocycles. The molecule has 0 aliphatic heterocycles. The Morgan fingerprint density at radius 2 is 1.67 bits per heavy atom. The first-order valence-electron chi connectivity index (χ1n) is 4.61. The van der Waals surface area contributed by atoms with Crippen LogP contribution in [-0.4, -0.2) is 14.3 Å². The van der Waals surface area contributed by atoms with Gasteiger partial charge in [-0.25, -0.2) is 13.1 Å². The maximum Gasteiger partial charge on any atom is 0.264 e. The van der Waals surface area contributed by atoms with E-state index in [1.807, 2.05) is 18.6 Å². The fourth-order valence-electron chi connectivity index (χ4n) is 0.848. The number of sulfonamides is 1. The molecule has 1 aromatic rings. The average Bonchev–Trinajstić information content (AvgIpc) is 2.20. The van der Waals surface area contributed by atoms with E-state index in [-0.39, 0.29) is 6.32 Å². The third-order valence-corrected chi connectivity index (χ3v) is 2.78. The normalized spacial score (nSPS) is 9.80. The SMILES string of the molecule is CC.CC(=O)NS(=O)(=O)c1ccccc1.[HH]. The van der Waals surface area contributed by atoms with Crippen molar-refractivity contribution in [3.05, 3.63) is 30.3 Å². The summed E-state index contributed by atoms with van der Waals surface area (Å²) in [6.45, 7) is 5.15. The van der Waals surface area contributed by atoms with Crippen LogP contribution in [0.2, 0.25) is 0 Å². The highest BCUT2D eigenvalue weighted by molar-refractivity contribution is 7.90. The number of rotatable bonds is 2. The van der Waals surface area contributed by atoms with Gasteiger partial charge >= 0.3 is 0 Å². The molecule has 0 fully saturated rings. The molecular weight excluding hydrogens is 214 g/mol. The summed E-state index contributed by atoms with van der Waals surface area (Å²) in [6, 6.07) is 7.73. The third-order valence-electron chi connectivity index (χ3n) is 1.33. The highest BCUT2D eigenvalue weighted by Crippen LogP contribution is 2.06. The third kappa shape index (κ3) is 4.60. The number of hydrogen-bond acceptors (Lipinski definition) is 3. The second kappa shape index (κ2) is 6.19. The summed E-state index contributed by atoms with van der Waals surface area (Å²) in [5, 5.41) is 0. The van der Waals surface area contributed by atoms with Crippen LogP contribution >= 0.6 is 0 Å². The van der Waals surface area contributed by atoms with Crippen molar-refractivity contribution in [2.24, 2.45) is 0 Å². The number of nitrogens with one attached hydrogen (secondary N) is 1. The van der Waals surface area contributed by atoms with E-state index in [0.717, 1.165) is 6.92 Å². The van der Waals surface area contributed by atoms with Crippen LogP contribution in [0.3, 0.4) is 0 Å². The fourth-order valence-corrected chi connectivity index (χ4v) is 1.86. The number of hydrogen-bond donors (Lipinski definition) is 1. The molecule has 1 amide bonds. The van der Waals surface area contributed by atoms with E-state index in [1.165, 1.54) is 12.1 Å². The standard InChI is InChI=1S/C8H9NO3S.C2H6.H2/c1-7(10)9-13(11,12)8-5-3-2-4-6-8;1-2;/h2-6H,1H3,(H,9,10);1-2H3;1H. The lowest BCUT2D eigenvalue weighted by atomic mass is 10.4. The second-order valence-corrected chi connectivity index (χ2v) is 4.16. The molecule has 0 atom stereocenters. The second-order valence-electron chi connectivity index (χ2n) is 2.47. The smallest absolute Gasteiger partial charge is 0.264 e. The molecule has 1 N–H and O–H groups in total. The lowest BCUT2D eigenvalue weighted by molar-refractivity contribution is -0.117. The van der Waals surface area contributed by atoms with Crippen molar-refractivity contribution >= 4 is 15.9 Å². The lowest BCUT2D eigenvalue weighted by Crippen LogP contribution is -2.27. The van der Waals surface area contributed by atoms with Gasteiger partial charge in [0.15, 0.2) is 0 Å². The van der Waals surface area contributed by atoms with Crippen molar-refractivity contribution in [1.82, 2.24) is 4.72 Å². The maximum absolute atomic E-state index is 11.3. The van der Waals surface area contributed by atoms with Gasteiger partial charge in [0.1, 0.15) is 0 Å². The Hall–Kier alpha value is -1.36. The maximum atomic E-state index is 11.3. The van der Waals surface area contributed by atoms with E-state index < -0.39 is 15.9 Å². The van der Waals surface area contributed by atoms with Crippen LogP contribution in [0, 0.1) is 0 Å². The summed E-state index contributed by atoms with van der Waals surface area (Å²) >= 11 is 0. The zero-order chi connectivity index (χ0) is 11.9. The van der Waals surface area contributed by atoms with E-state index in [1.54, 1.807) is 18.2 Å². The minimum atomic E-state index is -3.66. The molecule has 0 aliphatic carbocycles. The predicted molar refractivity (Wildman–Crippen MR) is 60.9 cm³/mol. The minimum Gasteiger partial charge on any atom is -0.274 e. The largest absolute Gasteiger partial charge is 0.274 e. The van der Waals surface area contributed by atoms with Crippen LogP contribution in [0.1, 0.15) is 22.2 Å². The van der Waals surface area contributed by atoms with E-state index >= 15 is 0 Å². The van der Waals surface area contributed by atoms with E-state index in [0.29, 0.717) is 0 Å². The molecule has 5 heteroatoms. The average molecular weight is 231 g/mol. The van der Waals surface area contributed by atoms with Gasteiger partial charge in [0.25, 0.3) is 10.0 Å². The van der Waals surface area contributed by atoms with E-state index in [4.69, 9.17) is 0 Å². The van der Waals surface area contributed by atoms with Crippen LogP contribution in [0.5, 0.6) is 0 Å². The van der Waals surface area contributed by atoms with Gasteiger partial charge in [0.2, 0.25) is 5.91 Å². The molecule has 1 aromatic carbocycles. The number of carbonyl (C=O) groups excluding carboxylic acids is 1. The highest BCUT2D eigenvalue weighted by atomic mass is 32.2. The molecule has 0 spiro atoms. The Morgan fingerprint density at radius 3 is 2.07 bits per heavy atom. The first kappa shape index (κ1) is 13.6. The molecule has 0 heterocycles. The van der Waals surface area contributed by atoms with Crippen molar-refractivity contribution in [3.8, 4) is 0 Å². The predicted octanol–water partition coefficient (Wildman–Crippen LogP) is 1.78. The van der Waals surface area contributed by atoms with Crippen LogP contribution in [0.15, 0.2) is 35.2 Å². The summed E-state index contributed by atoms with van der Waals surface area (Å²) in [6.07, 6.45) is 0. The van der Waals surface area contributed by atoms with Crippen LogP contribution in [0.4, 0.5) is 0 Å². The van der Waals surface area contributed by atoms with Crippen molar-refractivity contribution in [2.45, 2.75) is 25.7 Å². The van der Waals surface area contributed by atoms with Gasteiger partial charge in [-0.1, -0.05) is 32.0 Å². The Bertz CT molecular complexity index is 403. The molecule has 0 unspecified atom stereocenters. The van der Waals surface area contributed by atoms with E-state index in [9.17, 15) is 13.2 Å². The molecule has 0 saturated heterocycles. The Labute approximate surface area is 91.9 Å². The highest BCUT2D eigenvalue weighted by Gasteiger charge is 2.13. The Kier molecular flexibility index (Phi) is 5.62. The number of carbonyl (C=O) groups is 1. The first-order valence-corrected chi connectivity index (χ1v) is 6.09. The lowest BCUT2D eigenvalue weighted by Gasteiger charge is -2.02. The van der Waals surface area contributed by atoms with Gasteiger partial charge in [0, 0.05) is 8.35 Å². The van der Waals surface area contributed by atoms with Crippen molar-refractivity contribution in [1.29, 1.82) is 0 Å². The molecular formula is C10H17NO3S. The summed E-state index contributed by atoms with van der Waals surface area (Å²) in [5.41, 5.74) is 0. The molecule has 0 bridgehead atoms. The molecule has 0 saturated carbocycles. The Morgan fingerprint density at radius 1 is 1.20 bits per heavy atom. The molecule has 4 nitrogen and oxygen atoms in total. The quantitative estimate of drug-likeness (QED) is 0.844. The van der Waals surface area contributed by atoms with Crippen LogP contribution in [0.25, 0.3) is 0 Å². The summed E-state index contributed by atoms with van der Waals surface area (Å²) < 4.78 is 24.5. The van der Waals surface area contributed by atoms with Gasteiger partial charge in [0.05, 0.1) is 4.90 Å². The zero-order valence-corrected chi connectivity index (χ0v) is 9.84. The van der Waals surface area contributed by atoms with Gasteiger partial charge in [-0.3, -0.25) is 4.79 Å². The van der Waals surface area contributed by atoms with Gasteiger partial charge in [-0.05, 0) is 12.1 Å². The number of benzene rings is 1. The summed E-state index contributed by atoms with van der Waals surface area (Å²) in [5.74, 6) is -0.594. The summed E-state index contributed by atoms with van der Waals surface area (Å²) in [7, 11) is -3.66. The summed E-state index contributed by atoms with van der Waals surface area (Å²) in [4.78, 5) is 10.6.